The third-order valence-electron chi connectivity index (χ3n) is 2.78. The molecular weight excluding hydrogens is 260 g/mol. The SMILES string of the molecule is O=C(O)C1CCCN1C(=O)c1ccc([N+](=O)[O-])s1. The van der Waals surface area contributed by atoms with Crippen molar-refractivity contribution < 1.29 is 19.6 Å². The Balaban J connectivity index is 2.20. The molecule has 1 aliphatic heterocycles. The average molecular weight is 270 g/mol. The van der Waals surface area contributed by atoms with Crippen LogP contribution in [0, 0.1) is 10.1 Å². The van der Waals surface area contributed by atoms with Crippen molar-refractivity contribution >= 4 is 28.2 Å². The van der Waals surface area contributed by atoms with E-state index in [9.17, 15) is 19.7 Å². The molecule has 0 radical (unpaired) electrons. The fraction of sp³-hybridized carbons (Fsp3) is 0.400. The van der Waals surface area contributed by atoms with Crippen LogP contribution in [0.15, 0.2) is 12.1 Å². The monoisotopic (exact) mass is 270 g/mol. The van der Waals surface area contributed by atoms with Gasteiger partial charge >= 0.3 is 11.0 Å². The van der Waals surface area contributed by atoms with Crippen molar-refractivity contribution in [3.05, 3.63) is 27.1 Å². The Hall–Kier alpha value is -1.96. The molecule has 0 bridgehead atoms. The summed E-state index contributed by atoms with van der Waals surface area (Å²) in [6.07, 6.45) is 1.06. The summed E-state index contributed by atoms with van der Waals surface area (Å²) in [4.78, 5) is 34.4. The molecule has 0 aromatic carbocycles. The summed E-state index contributed by atoms with van der Waals surface area (Å²) < 4.78 is 0. The Bertz CT molecular complexity index is 512. The van der Waals surface area contributed by atoms with Crippen LogP contribution < -0.4 is 0 Å². The molecule has 2 rings (SSSR count). The van der Waals surface area contributed by atoms with Gasteiger partial charge in [-0.25, -0.2) is 4.79 Å². The summed E-state index contributed by atoms with van der Waals surface area (Å²) in [6, 6.07) is 1.80. The van der Waals surface area contributed by atoms with Crippen molar-refractivity contribution in [3.63, 3.8) is 0 Å². The molecule has 1 aliphatic rings. The molecule has 2 heterocycles. The summed E-state index contributed by atoms with van der Waals surface area (Å²) in [6.45, 7) is 0.376. The summed E-state index contributed by atoms with van der Waals surface area (Å²) in [5.41, 5.74) is 0. The lowest BCUT2D eigenvalue weighted by molar-refractivity contribution is -0.380. The molecule has 0 spiro atoms. The van der Waals surface area contributed by atoms with Gasteiger partial charge in [0.15, 0.2) is 0 Å². The van der Waals surface area contributed by atoms with Crippen molar-refractivity contribution in [1.82, 2.24) is 4.90 Å². The van der Waals surface area contributed by atoms with Crippen LogP contribution in [0.2, 0.25) is 0 Å². The van der Waals surface area contributed by atoms with E-state index in [1.807, 2.05) is 0 Å². The normalized spacial score (nSPS) is 18.9. The molecular formula is C10H10N2O5S. The highest BCUT2D eigenvalue weighted by atomic mass is 32.1. The van der Waals surface area contributed by atoms with Crippen LogP contribution in [0.4, 0.5) is 5.00 Å². The summed E-state index contributed by atoms with van der Waals surface area (Å²) in [5.74, 6) is -1.48. The maximum absolute atomic E-state index is 12.0. The lowest BCUT2D eigenvalue weighted by Crippen LogP contribution is -2.40. The molecule has 96 valence electrons. The first-order valence-electron chi connectivity index (χ1n) is 5.28. The highest BCUT2D eigenvalue weighted by molar-refractivity contribution is 7.17. The van der Waals surface area contributed by atoms with E-state index in [1.165, 1.54) is 17.0 Å². The van der Waals surface area contributed by atoms with E-state index in [2.05, 4.69) is 0 Å². The highest BCUT2D eigenvalue weighted by Gasteiger charge is 2.35. The van der Waals surface area contributed by atoms with Crippen LogP contribution in [0.25, 0.3) is 0 Å². The first-order valence-corrected chi connectivity index (χ1v) is 6.10. The maximum atomic E-state index is 12.0. The molecule has 1 aromatic heterocycles. The number of aliphatic carboxylic acids is 1. The topological polar surface area (TPSA) is 101 Å². The van der Waals surface area contributed by atoms with Crippen molar-refractivity contribution in [2.75, 3.05) is 6.54 Å². The number of thiophene rings is 1. The van der Waals surface area contributed by atoms with E-state index in [0.29, 0.717) is 19.4 Å². The minimum Gasteiger partial charge on any atom is -0.480 e. The van der Waals surface area contributed by atoms with Gasteiger partial charge in [-0.3, -0.25) is 14.9 Å². The largest absolute Gasteiger partial charge is 0.480 e. The number of nitrogens with zero attached hydrogens (tertiary/aromatic N) is 2. The molecule has 7 nitrogen and oxygen atoms in total. The van der Waals surface area contributed by atoms with Gasteiger partial charge < -0.3 is 10.0 Å². The van der Waals surface area contributed by atoms with Crippen LogP contribution >= 0.6 is 11.3 Å². The van der Waals surface area contributed by atoms with Crippen molar-refractivity contribution in [3.8, 4) is 0 Å². The molecule has 18 heavy (non-hydrogen) atoms. The summed E-state index contributed by atoms with van der Waals surface area (Å²) >= 11 is 0.766. The lowest BCUT2D eigenvalue weighted by Gasteiger charge is -2.20. The molecule has 0 aliphatic carbocycles. The lowest BCUT2D eigenvalue weighted by atomic mass is 10.2. The number of carboxylic acids is 1. The second-order valence-electron chi connectivity index (χ2n) is 3.89. The van der Waals surface area contributed by atoms with Crippen molar-refractivity contribution in [2.24, 2.45) is 0 Å². The standard InChI is InChI=1S/C10H10N2O5S/c13-9(7-3-4-8(18-7)12(16)17)11-5-1-2-6(11)10(14)15/h3-4,6H,1-2,5H2,(H,14,15). The zero-order valence-electron chi connectivity index (χ0n) is 9.24. The van der Waals surface area contributed by atoms with Crippen LogP contribution in [-0.2, 0) is 4.79 Å². The second-order valence-corrected chi connectivity index (χ2v) is 4.95. The highest BCUT2D eigenvalue weighted by Crippen LogP contribution is 2.27. The fourth-order valence-corrected chi connectivity index (χ4v) is 2.73. The zero-order valence-corrected chi connectivity index (χ0v) is 10.1. The molecule has 1 aromatic rings. The molecule has 1 fully saturated rings. The van der Waals surface area contributed by atoms with Crippen LogP contribution in [-0.4, -0.2) is 39.4 Å². The van der Waals surface area contributed by atoms with Gasteiger partial charge in [-0.2, -0.15) is 0 Å². The molecule has 1 saturated heterocycles. The number of nitro groups is 1. The first-order chi connectivity index (χ1) is 8.50. The minimum atomic E-state index is -1.04. The van der Waals surface area contributed by atoms with E-state index < -0.39 is 22.8 Å². The van der Waals surface area contributed by atoms with Gasteiger partial charge in [-0.05, 0) is 18.9 Å². The Morgan fingerprint density at radius 2 is 2.22 bits per heavy atom. The Kier molecular flexibility index (Phi) is 3.28. The first kappa shape index (κ1) is 12.5. The van der Waals surface area contributed by atoms with Gasteiger partial charge in [0.2, 0.25) is 0 Å². The Labute approximate surface area is 106 Å². The molecule has 1 N–H and O–H groups in total. The third kappa shape index (κ3) is 2.19. The molecule has 1 amide bonds. The predicted molar refractivity (Wildman–Crippen MR) is 62.7 cm³/mol. The van der Waals surface area contributed by atoms with Crippen LogP contribution in [0.3, 0.4) is 0 Å². The number of carbonyl (C=O) groups is 2. The number of hydrogen-bond acceptors (Lipinski definition) is 5. The number of carbonyl (C=O) groups excluding carboxylic acids is 1. The molecule has 8 heteroatoms. The van der Waals surface area contributed by atoms with E-state index >= 15 is 0 Å². The second kappa shape index (κ2) is 4.73. The van der Waals surface area contributed by atoms with Gasteiger partial charge in [0.25, 0.3) is 5.91 Å². The van der Waals surface area contributed by atoms with E-state index in [4.69, 9.17) is 5.11 Å². The predicted octanol–water partition coefficient (Wildman–Crippen LogP) is 1.35. The zero-order chi connectivity index (χ0) is 13.3. The number of likely N-dealkylation sites (tertiary alicyclic amines) is 1. The van der Waals surface area contributed by atoms with Gasteiger partial charge in [0, 0.05) is 12.6 Å². The summed E-state index contributed by atoms with van der Waals surface area (Å²) in [7, 11) is 0. The third-order valence-corrected chi connectivity index (χ3v) is 3.81. The van der Waals surface area contributed by atoms with Crippen LogP contribution in [0.1, 0.15) is 22.5 Å². The van der Waals surface area contributed by atoms with Crippen molar-refractivity contribution in [2.45, 2.75) is 18.9 Å². The Morgan fingerprint density at radius 1 is 1.50 bits per heavy atom. The van der Waals surface area contributed by atoms with E-state index in [1.54, 1.807) is 0 Å². The van der Waals surface area contributed by atoms with Gasteiger partial charge in [-0.1, -0.05) is 11.3 Å². The quantitative estimate of drug-likeness (QED) is 0.659. The number of hydrogen-bond donors (Lipinski definition) is 1. The number of amides is 1. The maximum Gasteiger partial charge on any atom is 0.326 e. The number of rotatable bonds is 3. The minimum absolute atomic E-state index is 0.121. The van der Waals surface area contributed by atoms with Gasteiger partial charge in [-0.15, -0.1) is 0 Å². The van der Waals surface area contributed by atoms with Crippen molar-refractivity contribution in [1.29, 1.82) is 0 Å². The molecule has 1 unspecified atom stereocenters. The van der Waals surface area contributed by atoms with Gasteiger partial charge in [0.1, 0.15) is 6.04 Å². The smallest absolute Gasteiger partial charge is 0.326 e. The van der Waals surface area contributed by atoms with Crippen LogP contribution in [0.5, 0.6) is 0 Å². The Morgan fingerprint density at radius 3 is 2.78 bits per heavy atom. The average Bonchev–Trinajstić information content (AvgIpc) is 2.97. The van der Waals surface area contributed by atoms with E-state index in [-0.39, 0.29) is 9.88 Å². The summed E-state index contributed by atoms with van der Waals surface area (Å²) in [5, 5.41) is 19.4. The number of carboxylic acid groups (broad SMARTS) is 1. The fourth-order valence-electron chi connectivity index (χ4n) is 1.95. The molecule has 0 saturated carbocycles. The van der Waals surface area contributed by atoms with E-state index in [0.717, 1.165) is 11.3 Å². The molecule has 1 atom stereocenters. The van der Waals surface area contributed by atoms with Gasteiger partial charge in [0.05, 0.1) is 9.80 Å².